The normalized spacial score (nSPS) is 7.72. The maximum Gasteiger partial charge on any atom is 0.243 e. The number of aromatic nitrogens is 3. The molecule has 0 aliphatic heterocycles. The van der Waals surface area contributed by atoms with E-state index in [-0.39, 0.29) is 0 Å². The Kier molecular flexibility index (Phi) is 14.0. The highest BCUT2D eigenvalue weighted by atomic mass is 15.1. The van der Waals surface area contributed by atoms with Gasteiger partial charge in [0.05, 0.1) is 14.1 Å². The molecule has 3 heteroatoms. The highest BCUT2D eigenvalue weighted by Gasteiger charge is 1.87. The van der Waals surface area contributed by atoms with Crippen LogP contribution < -0.4 is 9.13 Å². The van der Waals surface area contributed by atoms with Crippen molar-refractivity contribution in [2.24, 2.45) is 21.1 Å². The Balaban J connectivity index is 0. The molecule has 0 amide bonds. The maximum absolute atomic E-state index is 2.00. The molecular formula is C15H29N3+2. The van der Waals surface area contributed by atoms with Gasteiger partial charge in [0.2, 0.25) is 6.33 Å². The van der Waals surface area contributed by atoms with Gasteiger partial charge in [0.15, 0.2) is 12.4 Å². The van der Waals surface area contributed by atoms with E-state index in [0.717, 1.165) is 0 Å². The first-order chi connectivity index (χ1) is 8.68. The first-order valence-corrected chi connectivity index (χ1v) is 6.56. The van der Waals surface area contributed by atoms with Crippen molar-refractivity contribution in [3.63, 3.8) is 0 Å². The lowest BCUT2D eigenvalue weighted by Gasteiger charge is -1.77. The van der Waals surface area contributed by atoms with E-state index in [9.17, 15) is 0 Å². The first kappa shape index (κ1) is 18.7. The van der Waals surface area contributed by atoms with Gasteiger partial charge < -0.3 is 0 Å². The molecule has 0 spiro atoms. The van der Waals surface area contributed by atoms with Crippen molar-refractivity contribution in [2.75, 3.05) is 0 Å². The van der Waals surface area contributed by atoms with Crippen molar-refractivity contribution >= 4 is 0 Å². The molecule has 0 saturated heterocycles. The minimum Gasteiger partial charge on any atom is -0.240 e. The standard InChI is InChI=1S/C6H8N.C5H9N2.2C2H6/c1-7-5-3-2-4-6-7;1-6-3-4-7(2)5-6;2*1-2/h2-6H,1H3;3-5H,1-2H3;2*1-2H3/q2*+1;;. The molecule has 2 rings (SSSR count). The van der Waals surface area contributed by atoms with Gasteiger partial charge in [0.1, 0.15) is 19.4 Å². The average molecular weight is 251 g/mol. The minimum atomic E-state index is 2.00. The third-order valence-corrected chi connectivity index (χ3v) is 1.77. The largest absolute Gasteiger partial charge is 0.243 e. The van der Waals surface area contributed by atoms with Gasteiger partial charge in [-0.1, -0.05) is 33.8 Å². The molecule has 2 aromatic heterocycles. The molecule has 0 radical (unpaired) electrons. The van der Waals surface area contributed by atoms with Crippen LogP contribution in [0.2, 0.25) is 0 Å². The maximum atomic E-state index is 2.00. The number of imidazole rings is 1. The minimum absolute atomic E-state index is 2.00. The van der Waals surface area contributed by atoms with Gasteiger partial charge in [-0.2, -0.15) is 0 Å². The van der Waals surface area contributed by atoms with Gasteiger partial charge in [-0.15, -0.1) is 0 Å². The number of pyridine rings is 1. The Hall–Kier alpha value is -1.64. The fraction of sp³-hybridized carbons (Fsp3) is 0.467. The molecule has 0 aliphatic rings. The number of aryl methyl sites for hydroxylation is 3. The quantitative estimate of drug-likeness (QED) is 0.638. The molecule has 18 heavy (non-hydrogen) atoms. The fourth-order valence-corrected chi connectivity index (χ4v) is 1.06. The van der Waals surface area contributed by atoms with Crippen LogP contribution in [0.1, 0.15) is 27.7 Å². The molecular weight excluding hydrogens is 222 g/mol. The van der Waals surface area contributed by atoms with Crippen LogP contribution in [0.15, 0.2) is 49.3 Å². The predicted molar refractivity (Wildman–Crippen MR) is 76.9 cm³/mol. The summed E-state index contributed by atoms with van der Waals surface area (Å²) in [5.74, 6) is 0. The lowest BCUT2D eigenvalue weighted by atomic mass is 10.5. The van der Waals surface area contributed by atoms with E-state index in [0.29, 0.717) is 0 Å². The van der Waals surface area contributed by atoms with Gasteiger partial charge in [-0.25, -0.2) is 13.7 Å². The second kappa shape index (κ2) is 13.4. The fourth-order valence-electron chi connectivity index (χ4n) is 1.06. The predicted octanol–water partition coefficient (Wildman–Crippen LogP) is 2.41. The Labute approximate surface area is 112 Å². The SMILES string of the molecule is CC.CC.C[n+]1ccccc1.Cn1cc[n+](C)c1. The molecule has 0 atom stereocenters. The Morgan fingerprint density at radius 1 is 0.722 bits per heavy atom. The summed E-state index contributed by atoms with van der Waals surface area (Å²) >= 11 is 0. The Morgan fingerprint density at radius 2 is 1.22 bits per heavy atom. The highest BCUT2D eigenvalue weighted by molar-refractivity contribution is 4.83. The van der Waals surface area contributed by atoms with Crippen LogP contribution in [0.3, 0.4) is 0 Å². The molecule has 102 valence electrons. The van der Waals surface area contributed by atoms with Gasteiger partial charge in [0, 0.05) is 12.1 Å². The summed E-state index contributed by atoms with van der Waals surface area (Å²) in [6, 6.07) is 6.00. The molecule has 0 bridgehead atoms. The summed E-state index contributed by atoms with van der Waals surface area (Å²) in [7, 11) is 6.00. The summed E-state index contributed by atoms with van der Waals surface area (Å²) in [6.45, 7) is 8.00. The Bertz CT molecular complexity index is 350. The Morgan fingerprint density at radius 3 is 1.39 bits per heavy atom. The smallest absolute Gasteiger partial charge is 0.240 e. The van der Waals surface area contributed by atoms with E-state index < -0.39 is 0 Å². The highest BCUT2D eigenvalue weighted by Crippen LogP contribution is 1.72. The third-order valence-electron chi connectivity index (χ3n) is 1.77. The van der Waals surface area contributed by atoms with Crippen molar-refractivity contribution in [3.8, 4) is 0 Å². The van der Waals surface area contributed by atoms with Crippen molar-refractivity contribution in [1.82, 2.24) is 4.57 Å². The van der Waals surface area contributed by atoms with Crippen molar-refractivity contribution in [2.45, 2.75) is 27.7 Å². The lowest BCUT2D eigenvalue weighted by molar-refractivity contribution is -0.671. The molecule has 0 aliphatic carbocycles. The molecule has 2 aromatic rings. The van der Waals surface area contributed by atoms with Gasteiger partial charge >= 0.3 is 0 Å². The van der Waals surface area contributed by atoms with Crippen LogP contribution in [-0.2, 0) is 21.1 Å². The van der Waals surface area contributed by atoms with Gasteiger partial charge in [0.25, 0.3) is 0 Å². The van der Waals surface area contributed by atoms with Crippen LogP contribution in [0.5, 0.6) is 0 Å². The van der Waals surface area contributed by atoms with E-state index >= 15 is 0 Å². The second-order valence-corrected chi connectivity index (χ2v) is 3.29. The van der Waals surface area contributed by atoms with Crippen LogP contribution in [0, 0.1) is 0 Å². The van der Waals surface area contributed by atoms with Crippen molar-refractivity contribution < 1.29 is 9.13 Å². The van der Waals surface area contributed by atoms with E-state index in [1.807, 2.05) is 112 Å². The summed E-state index contributed by atoms with van der Waals surface area (Å²) < 4.78 is 6.00. The monoisotopic (exact) mass is 251 g/mol. The van der Waals surface area contributed by atoms with Crippen LogP contribution in [0.25, 0.3) is 0 Å². The molecule has 3 nitrogen and oxygen atoms in total. The zero-order chi connectivity index (χ0) is 14.4. The topological polar surface area (TPSA) is 12.7 Å². The van der Waals surface area contributed by atoms with E-state index in [2.05, 4.69) is 0 Å². The van der Waals surface area contributed by atoms with Crippen molar-refractivity contribution in [1.29, 1.82) is 0 Å². The zero-order valence-corrected chi connectivity index (χ0v) is 13.0. The number of nitrogens with zero attached hydrogens (tertiary/aromatic N) is 3. The van der Waals surface area contributed by atoms with Gasteiger partial charge in [-0.05, 0) is 0 Å². The lowest BCUT2D eigenvalue weighted by Crippen LogP contribution is -2.25. The molecule has 0 saturated carbocycles. The van der Waals surface area contributed by atoms with Crippen LogP contribution in [-0.4, -0.2) is 4.57 Å². The number of hydrogen-bond acceptors (Lipinski definition) is 0. The number of rotatable bonds is 0. The van der Waals surface area contributed by atoms with E-state index in [1.165, 1.54) is 0 Å². The zero-order valence-electron chi connectivity index (χ0n) is 13.0. The van der Waals surface area contributed by atoms with Crippen LogP contribution in [0.4, 0.5) is 0 Å². The van der Waals surface area contributed by atoms with Crippen molar-refractivity contribution in [3.05, 3.63) is 49.3 Å². The second-order valence-electron chi connectivity index (χ2n) is 3.29. The molecule has 0 unspecified atom stereocenters. The van der Waals surface area contributed by atoms with E-state index in [4.69, 9.17) is 0 Å². The average Bonchev–Trinajstić information content (AvgIpc) is 2.80. The molecule has 0 aromatic carbocycles. The molecule has 0 fully saturated rings. The molecule has 0 N–H and O–H groups in total. The molecule has 2 heterocycles. The summed E-state index contributed by atoms with van der Waals surface area (Å²) in [5, 5.41) is 0. The summed E-state index contributed by atoms with van der Waals surface area (Å²) in [6.07, 6.45) is 10.0. The van der Waals surface area contributed by atoms with Crippen LogP contribution >= 0.6 is 0 Å². The first-order valence-electron chi connectivity index (χ1n) is 6.56. The van der Waals surface area contributed by atoms with Gasteiger partial charge in [-0.3, -0.25) is 0 Å². The summed E-state index contributed by atoms with van der Waals surface area (Å²) in [4.78, 5) is 0. The third kappa shape index (κ3) is 10.9. The summed E-state index contributed by atoms with van der Waals surface area (Å²) in [5.41, 5.74) is 0. The number of hydrogen-bond donors (Lipinski definition) is 0. The van der Waals surface area contributed by atoms with E-state index in [1.54, 1.807) is 0 Å².